The molecule has 0 saturated carbocycles. The van der Waals surface area contributed by atoms with Crippen molar-refractivity contribution < 1.29 is 33.4 Å². The van der Waals surface area contributed by atoms with Gasteiger partial charge in [0.25, 0.3) is 0 Å². The fraction of sp³-hybridized carbons (Fsp3) is 0.442. The van der Waals surface area contributed by atoms with Gasteiger partial charge in [0, 0.05) is 27.7 Å². The van der Waals surface area contributed by atoms with Gasteiger partial charge < -0.3 is 44.7 Å². The first-order valence-corrected chi connectivity index (χ1v) is 24.7. The van der Waals surface area contributed by atoms with Gasteiger partial charge in [-0.25, -0.2) is 14.8 Å². The molecule has 2 fully saturated rings. The number of hydrogen-bond donors (Lipinski definition) is 5. The average molecular weight is 853 g/mol. The molecule has 4 atom stereocenters. The van der Waals surface area contributed by atoms with Gasteiger partial charge in [-0.3, -0.25) is 14.4 Å². The van der Waals surface area contributed by atoms with E-state index in [0.717, 1.165) is 72.9 Å². The Kier molecular flexibility index (Phi) is 11.1. The lowest BCUT2D eigenvalue weighted by Crippen LogP contribution is -2.52. The summed E-state index contributed by atoms with van der Waals surface area (Å²) in [6, 6.07) is 13.4. The zero-order chi connectivity index (χ0) is 42.6. The van der Waals surface area contributed by atoms with E-state index in [2.05, 4.69) is 64.0 Å². The van der Waals surface area contributed by atoms with Gasteiger partial charge >= 0.3 is 6.09 Å². The Hall–Kier alpha value is -5.52. The minimum Gasteiger partial charge on any atom is -0.454 e. The van der Waals surface area contributed by atoms with Crippen LogP contribution in [0.25, 0.3) is 54.0 Å². The second-order valence-corrected chi connectivity index (χ2v) is 23.7. The van der Waals surface area contributed by atoms with Crippen molar-refractivity contribution in [3.05, 3.63) is 60.3 Å². The van der Waals surface area contributed by atoms with Crippen LogP contribution >= 0.6 is 11.3 Å². The summed E-state index contributed by atoms with van der Waals surface area (Å²) in [6.07, 6.45) is 3.38. The number of carbonyl (C=O) groups excluding carboxylic acids is 4. The largest absolute Gasteiger partial charge is 0.454 e. The molecule has 6 heterocycles. The maximum atomic E-state index is 13.9. The number of alkyl carbamates (subject to hydrolysis) is 1. The molecule has 2 aliphatic heterocycles. The lowest BCUT2D eigenvalue weighted by molar-refractivity contribution is -0.139. The number of imidazole rings is 2. The number of nitrogens with one attached hydrogen (secondary N) is 4. The van der Waals surface area contributed by atoms with Crippen LogP contribution in [0, 0.1) is 11.8 Å². The van der Waals surface area contributed by atoms with Crippen molar-refractivity contribution >= 4 is 75.3 Å². The van der Waals surface area contributed by atoms with Crippen LogP contribution in [0.4, 0.5) is 4.79 Å². The molecule has 17 heteroatoms. The quantitative estimate of drug-likeness (QED) is 0.0862. The average Bonchev–Trinajstić information content (AvgIpc) is 4.07. The monoisotopic (exact) mass is 852 g/mol. The third-order valence-electron chi connectivity index (χ3n) is 11.8. The number of fused-ring (bicyclic) bond motifs is 3. The Morgan fingerprint density at radius 3 is 2.43 bits per heavy atom. The fourth-order valence-corrected chi connectivity index (χ4v) is 12.6. The number of benzene rings is 2. The molecule has 0 bridgehead atoms. The van der Waals surface area contributed by atoms with Gasteiger partial charge in [0.2, 0.25) is 17.7 Å². The predicted octanol–water partition coefficient (Wildman–Crippen LogP) is 6.89. The normalized spacial score (nSPS) is 18.9. The summed E-state index contributed by atoms with van der Waals surface area (Å²) in [5.74, 6) is 0.914. The van der Waals surface area contributed by atoms with Crippen molar-refractivity contribution in [2.45, 2.75) is 83.8 Å². The van der Waals surface area contributed by atoms with Gasteiger partial charge in [-0.05, 0) is 72.0 Å². The van der Waals surface area contributed by atoms with E-state index in [4.69, 9.17) is 19.1 Å². The lowest BCUT2D eigenvalue weighted by Gasteiger charge is -2.30. The van der Waals surface area contributed by atoms with E-state index < -0.39 is 38.8 Å². The molecule has 0 radical (unpaired) electrons. The summed E-state index contributed by atoms with van der Waals surface area (Å²) in [4.78, 5) is 73.1. The van der Waals surface area contributed by atoms with Gasteiger partial charge in [0.1, 0.15) is 41.6 Å². The molecule has 60 heavy (non-hydrogen) atoms. The summed E-state index contributed by atoms with van der Waals surface area (Å²) >= 11 is 1.68. The van der Waals surface area contributed by atoms with E-state index in [0.29, 0.717) is 24.3 Å². The van der Waals surface area contributed by atoms with Crippen molar-refractivity contribution in [2.75, 3.05) is 26.4 Å². The van der Waals surface area contributed by atoms with Crippen molar-refractivity contribution in [2.24, 2.45) is 11.8 Å². The van der Waals surface area contributed by atoms with E-state index in [1.165, 1.54) is 7.11 Å². The number of hydrogen-bond acceptors (Lipinski definition) is 10. The highest BCUT2D eigenvalue weighted by atomic mass is 32.1. The Balaban J connectivity index is 1.01. The van der Waals surface area contributed by atoms with Gasteiger partial charge in [-0.2, -0.15) is 0 Å². The molecule has 2 aromatic carbocycles. The number of furan rings is 1. The predicted molar refractivity (Wildman–Crippen MR) is 233 cm³/mol. The van der Waals surface area contributed by atoms with Gasteiger partial charge in [-0.1, -0.05) is 52.9 Å². The number of H-pyrrole nitrogens is 2. The molecule has 8 rings (SSSR count). The first-order valence-electron chi connectivity index (χ1n) is 20.5. The van der Waals surface area contributed by atoms with E-state index >= 15 is 0 Å². The Labute approximate surface area is 352 Å². The van der Waals surface area contributed by atoms with E-state index in [1.54, 1.807) is 22.4 Å². The SMILES string of the molecule is COC(=O)NC(C(=O)N1C[Si](C)(C)CC1c1ncc(-c2cc3ccc(-c4cc5cc6nc([C@@H]7CCCN7C(=O)C(NC(=O)CO)C(C)C)[nH]c6cc5s4)cc3o2)[nH]1)C(C)C. The number of methoxy groups -OCH3 is 1. The number of thiophene rings is 1. The lowest BCUT2D eigenvalue weighted by atomic mass is 10.0. The molecule has 4 aromatic heterocycles. The first kappa shape index (κ1) is 41.2. The van der Waals surface area contributed by atoms with Gasteiger partial charge in [0.15, 0.2) is 5.76 Å². The third-order valence-corrected chi connectivity index (χ3v) is 15.6. The van der Waals surface area contributed by atoms with Crippen LogP contribution in [0.5, 0.6) is 0 Å². The molecule has 5 N–H and O–H groups in total. The number of aromatic nitrogens is 4. The zero-order valence-electron chi connectivity index (χ0n) is 34.9. The van der Waals surface area contributed by atoms with Crippen LogP contribution in [-0.4, -0.2) is 105 Å². The molecule has 15 nitrogen and oxygen atoms in total. The number of nitrogens with zero attached hydrogens (tertiary/aromatic N) is 4. The number of ether oxygens (including phenoxy) is 1. The Morgan fingerprint density at radius 1 is 0.950 bits per heavy atom. The highest BCUT2D eigenvalue weighted by Crippen LogP contribution is 2.41. The maximum Gasteiger partial charge on any atom is 0.407 e. The second kappa shape index (κ2) is 16.2. The summed E-state index contributed by atoms with van der Waals surface area (Å²) in [5, 5.41) is 16.7. The first-order chi connectivity index (χ1) is 28.6. The molecule has 3 unspecified atom stereocenters. The summed E-state index contributed by atoms with van der Waals surface area (Å²) in [7, 11) is -0.488. The second-order valence-electron chi connectivity index (χ2n) is 17.5. The number of aromatic amines is 2. The standard InChI is InChI=1S/C43H52N8O7SSi/c1-22(2)37(48-36(53)19-52)41(54)50-12-8-9-30(50)40-45-27-13-26-16-34(59-35(26)17-28(27)46-40)25-11-10-24-14-33(58-32(24)15-25)29-18-44-39(47-29)31-20-60(6,7)21-51(31)42(55)38(23(3)4)49-43(56)57-5/h10-11,13-18,22-23,30-31,37-38,52H,8-9,12,19-21H2,1-7H3,(H,44,47)(H,45,46)(H,48,53)(H,49,56)/t30-,31?,37?,38?/m0/s1. The summed E-state index contributed by atoms with van der Waals surface area (Å²) in [5.41, 5.74) is 4.18. The smallest absolute Gasteiger partial charge is 0.407 e. The third kappa shape index (κ3) is 7.92. The van der Waals surface area contributed by atoms with Crippen molar-refractivity contribution in [1.29, 1.82) is 0 Å². The number of amides is 4. The summed E-state index contributed by atoms with van der Waals surface area (Å²) in [6.45, 7) is 12.0. The molecule has 316 valence electrons. The van der Waals surface area contributed by atoms with Crippen LogP contribution in [0.1, 0.15) is 64.3 Å². The van der Waals surface area contributed by atoms with Crippen LogP contribution < -0.4 is 10.6 Å². The van der Waals surface area contributed by atoms with Crippen molar-refractivity contribution in [1.82, 2.24) is 40.4 Å². The molecule has 0 spiro atoms. The molecule has 4 amide bonds. The Morgan fingerprint density at radius 2 is 1.70 bits per heavy atom. The van der Waals surface area contributed by atoms with Gasteiger partial charge in [-0.15, -0.1) is 11.3 Å². The van der Waals surface area contributed by atoms with E-state index in [9.17, 15) is 24.3 Å². The van der Waals surface area contributed by atoms with Crippen LogP contribution in [0.15, 0.2) is 53.1 Å². The topological polar surface area (TPSA) is 199 Å². The summed E-state index contributed by atoms with van der Waals surface area (Å²) < 4.78 is 12.3. The van der Waals surface area contributed by atoms with Crippen molar-refractivity contribution in [3.63, 3.8) is 0 Å². The van der Waals surface area contributed by atoms with Crippen LogP contribution in [-0.2, 0) is 19.1 Å². The zero-order valence-corrected chi connectivity index (χ0v) is 36.7. The van der Waals surface area contributed by atoms with Gasteiger partial charge in [0.05, 0.1) is 44.5 Å². The minimum atomic E-state index is -1.78. The van der Waals surface area contributed by atoms with Crippen LogP contribution in [0.3, 0.4) is 0 Å². The van der Waals surface area contributed by atoms with Crippen LogP contribution in [0.2, 0.25) is 19.1 Å². The highest BCUT2D eigenvalue weighted by Gasteiger charge is 2.46. The van der Waals surface area contributed by atoms with Crippen molar-refractivity contribution in [3.8, 4) is 21.9 Å². The van der Waals surface area contributed by atoms with E-state index in [1.807, 2.05) is 44.7 Å². The molecule has 2 saturated heterocycles. The number of carbonyl (C=O) groups is 4. The van der Waals surface area contributed by atoms with E-state index in [-0.39, 0.29) is 35.7 Å². The fourth-order valence-electron chi connectivity index (χ4n) is 8.66. The molecule has 6 aromatic rings. The number of aliphatic hydroxyl groups excluding tert-OH is 1. The number of aliphatic hydroxyl groups is 1. The molecule has 0 aliphatic carbocycles. The maximum absolute atomic E-state index is 13.9. The Bertz CT molecular complexity index is 2560. The minimum absolute atomic E-state index is 0.128. The number of likely N-dealkylation sites (tertiary alicyclic amines) is 1. The molecular weight excluding hydrogens is 801 g/mol. The number of rotatable bonds is 11. The molecular formula is C43H52N8O7SSi. The molecule has 2 aliphatic rings. The highest BCUT2D eigenvalue weighted by molar-refractivity contribution is 7.22.